The summed E-state index contributed by atoms with van der Waals surface area (Å²) < 4.78 is 66.5. The van der Waals surface area contributed by atoms with Crippen LogP contribution in [-0.4, -0.2) is 41.6 Å². The number of aromatic amines is 1. The number of nitrogens with one attached hydrogen (secondary N) is 2. The van der Waals surface area contributed by atoms with Gasteiger partial charge in [0, 0.05) is 16.6 Å². The topological polar surface area (TPSA) is 226 Å². The van der Waals surface area contributed by atoms with Crippen LogP contribution >= 0.6 is 11.6 Å². The van der Waals surface area contributed by atoms with E-state index >= 15 is 0 Å². The molecular formula is C27H21ClN6NaO8S2+. The van der Waals surface area contributed by atoms with E-state index in [0.29, 0.717) is 16.5 Å². The molecule has 6 N–H and O–H groups in total. The Labute approximate surface area is 282 Å². The van der Waals surface area contributed by atoms with Gasteiger partial charge in [0.05, 0.1) is 31.9 Å². The van der Waals surface area contributed by atoms with Gasteiger partial charge in [-0.15, -0.1) is 10.2 Å². The van der Waals surface area contributed by atoms with Crippen molar-refractivity contribution in [3.05, 3.63) is 99.4 Å². The molecule has 1 amide bonds. The third-order valence-electron chi connectivity index (χ3n) is 6.43. The van der Waals surface area contributed by atoms with Gasteiger partial charge in [-0.3, -0.25) is 23.8 Å². The number of aryl methyl sites for hydroxylation is 1. The van der Waals surface area contributed by atoms with Crippen LogP contribution in [-0.2, 0) is 20.2 Å². The zero-order valence-corrected chi connectivity index (χ0v) is 27.8. The second-order valence-corrected chi connectivity index (χ2v) is 12.7. The van der Waals surface area contributed by atoms with Crippen molar-refractivity contribution in [1.82, 2.24) is 9.78 Å². The minimum Gasteiger partial charge on any atom is -0.399 e. The number of nitrogens with zero attached hydrogens (tertiary/aromatic N) is 3. The minimum absolute atomic E-state index is 0. The molecule has 1 aromatic heterocycles. The van der Waals surface area contributed by atoms with E-state index in [9.17, 15) is 35.5 Å². The monoisotopic (exact) mass is 679 g/mol. The maximum Gasteiger partial charge on any atom is 1.00 e. The summed E-state index contributed by atoms with van der Waals surface area (Å²) in [5, 5.41) is 14.4. The number of carbonyl (C=O) groups is 1. The van der Waals surface area contributed by atoms with Crippen LogP contribution in [0.25, 0.3) is 16.5 Å². The maximum atomic E-state index is 13.4. The first kappa shape index (κ1) is 34.0. The van der Waals surface area contributed by atoms with Crippen LogP contribution in [0.3, 0.4) is 0 Å². The van der Waals surface area contributed by atoms with Crippen molar-refractivity contribution in [2.75, 3.05) is 11.1 Å². The maximum absolute atomic E-state index is 13.4. The molecule has 226 valence electrons. The summed E-state index contributed by atoms with van der Waals surface area (Å²) in [4.78, 5) is 25.5. The van der Waals surface area contributed by atoms with Crippen molar-refractivity contribution in [2.24, 2.45) is 10.2 Å². The van der Waals surface area contributed by atoms with Crippen molar-refractivity contribution in [3.8, 4) is 5.69 Å². The van der Waals surface area contributed by atoms with Crippen LogP contribution in [0.4, 0.5) is 22.7 Å². The zero-order chi connectivity index (χ0) is 32.0. The van der Waals surface area contributed by atoms with E-state index in [1.807, 2.05) is 0 Å². The van der Waals surface area contributed by atoms with Crippen LogP contribution in [0.15, 0.2) is 97.6 Å². The molecule has 45 heavy (non-hydrogen) atoms. The van der Waals surface area contributed by atoms with Gasteiger partial charge in [-0.1, -0.05) is 23.7 Å². The van der Waals surface area contributed by atoms with Gasteiger partial charge >= 0.3 is 29.6 Å². The van der Waals surface area contributed by atoms with E-state index in [-0.39, 0.29) is 73.5 Å². The third kappa shape index (κ3) is 7.18. The van der Waals surface area contributed by atoms with E-state index in [4.69, 9.17) is 17.3 Å². The first-order chi connectivity index (χ1) is 20.6. The Balaban J connectivity index is 0.00000461. The fourth-order valence-electron chi connectivity index (χ4n) is 4.24. The smallest absolute Gasteiger partial charge is 0.399 e. The van der Waals surface area contributed by atoms with Crippen LogP contribution in [0, 0.1) is 6.92 Å². The van der Waals surface area contributed by atoms with Crippen molar-refractivity contribution < 1.29 is 60.3 Å². The molecule has 0 unspecified atom stereocenters. The Hall–Kier alpha value is -3.87. The first-order valence-corrected chi connectivity index (χ1v) is 15.6. The molecule has 0 fully saturated rings. The largest absolute Gasteiger partial charge is 1.00 e. The molecule has 18 heteroatoms. The summed E-state index contributed by atoms with van der Waals surface area (Å²) in [6.45, 7) is 1.50. The number of nitrogens with two attached hydrogens (primary N) is 1. The Morgan fingerprint density at radius 2 is 1.49 bits per heavy atom. The number of carbonyl (C=O) groups excluding carboxylic acids is 1. The number of benzene rings is 4. The second-order valence-electron chi connectivity index (χ2n) is 9.41. The fourth-order valence-corrected chi connectivity index (χ4v) is 5.46. The number of halogens is 1. The number of azo groups is 1. The predicted molar refractivity (Wildman–Crippen MR) is 163 cm³/mol. The van der Waals surface area contributed by atoms with Gasteiger partial charge in [0.1, 0.15) is 5.69 Å². The molecule has 0 spiro atoms. The number of aromatic nitrogens is 2. The molecule has 0 aliphatic heterocycles. The zero-order valence-electron chi connectivity index (χ0n) is 23.4. The van der Waals surface area contributed by atoms with Crippen LogP contribution in [0.2, 0.25) is 5.02 Å². The SMILES string of the molecule is Cc1[nH]n(-c2cc(S(=O)(=O)O)ccc2Cl)c(=O)c1N=Nc1c(NC(=O)c2ccc(N)cc2)ccc2cc(S(=O)(=O)O)ccc12.[Na+]. The molecular weight excluding hydrogens is 659 g/mol. The summed E-state index contributed by atoms with van der Waals surface area (Å²) in [6.07, 6.45) is 0. The van der Waals surface area contributed by atoms with E-state index in [1.54, 1.807) is 12.1 Å². The quantitative estimate of drug-likeness (QED) is 0.0733. The number of amides is 1. The van der Waals surface area contributed by atoms with Crippen molar-refractivity contribution in [1.29, 1.82) is 0 Å². The Bertz CT molecular complexity index is 2290. The van der Waals surface area contributed by atoms with E-state index < -0.39 is 36.6 Å². The summed E-state index contributed by atoms with van der Waals surface area (Å²) >= 11 is 6.21. The minimum atomic E-state index is -4.61. The van der Waals surface area contributed by atoms with Crippen LogP contribution in [0.5, 0.6) is 0 Å². The van der Waals surface area contributed by atoms with Crippen LogP contribution in [0.1, 0.15) is 16.1 Å². The number of fused-ring (bicyclic) bond motifs is 1. The molecule has 0 radical (unpaired) electrons. The van der Waals surface area contributed by atoms with Gasteiger partial charge in [-0.05, 0) is 73.0 Å². The Kier molecular flexibility index (Phi) is 9.72. The van der Waals surface area contributed by atoms with Crippen LogP contribution < -0.4 is 46.2 Å². The molecule has 0 atom stereocenters. The standard InChI is InChI=1S/C27H21ClN6O8S2.Na/c1-14-24(27(36)34(33-14)23-13-19(44(40,41)42)8-10-21(23)28)31-32-25-20-9-7-18(43(37,38)39)12-16(20)4-11-22(25)30-26(35)15-2-5-17(29)6-3-15;/h2-13,33H,29H2,1H3,(H,30,35)(H,37,38,39)(H,40,41,42);/q;+1. The average molecular weight is 680 g/mol. The number of rotatable bonds is 7. The number of hydrogen-bond donors (Lipinski definition) is 5. The summed E-state index contributed by atoms with van der Waals surface area (Å²) in [7, 11) is -9.13. The Morgan fingerprint density at radius 3 is 2.13 bits per heavy atom. The Morgan fingerprint density at radius 1 is 0.889 bits per heavy atom. The van der Waals surface area contributed by atoms with Crippen molar-refractivity contribution >= 4 is 71.3 Å². The molecule has 0 saturated heterocycles. The molecule has 0 aliphatic carbocycles. The predicted octanol–water partition coefficient (Wildman–Crippen LogP) is 2.03. The summed E-state index contributed by atoms with van der Waals surface area (Å²) in [5.74, 6) is -0.524. The number of anilines is 2. The number of H-pyrrole nitrogens is 1. The molecule has 0 bridgehead atoms. The van der Waals surface area contributed by atoms with Gasteiger partial charge < -0.3 is 11.1 Å². The van der Waals surface area contributed by atoms with Gasteiger partial charge in [0.15, 0.2) is 5.69 Å². The fraction of sp³-hybridized carbons (Fsp3) is 0.0370. The van der Waals surface area contributed by atoms with E-state index in [0.717, 1.165) is 22.9 Å². The van der Waals surface area contributed by atoms with Gasteiger partial charge in [0.2, 0.25) is 0 Å². The molecule has 4 aromatic carbocycles. The average Bonchev–Trinajstić information content (AvgIpc) is 3.23. The summed E-state index contributed by atoms with van der Waals surface area (Å²) in [5.41, 5.74) is 5.77. The molecule has 0 saturated carbocycles. The third-order valence-corrected chi connectivity index (χ3v) is 8.45. The van der Waals surface area contributed by atoms with Crippen molar-refractivity contribution in [2.45, 2.75) is 16.7 Å². The molecule has 5 aromatic rings. The molecule has 14 nitrogen and oxygen atoms in total. The number of hydrogen-bond acceptors (Lipinski definition) is 9. The van der Waals surface area contributed by atoms with Gasteiger partial charge in [0.25, 0.3) is 31.7 Å². The van der Waals surface area contributed by atoms with Gasteiger partial charge in [-0.2, -0.15) is 16.8 Å². The first-order valence-electron chi connectivity index (χ1n) is 12.4. The van der Waals surface area contributed by atoms with Gasteiger partial charge in [-0.25, -0.2) is 4.68 Å². The number of nitrogen functional groups attached to an aromatic ring is 1. The summed E-state index contributed by atoms with van der Waals surface area (Å²) in [6, 6.07) is 16.0. The normalized spacial score (nSPS) is 11.9. The van der Waals surface area contributed by atoms with Crippen molar-refractivity contribution in [3.63, 3.8) is 0 Å². The van der Waals surface area contributed by atoms with E-state index in [2.05, 4.69) is 20.6 Å². The second kappa shape index (κ2) is 12.9. The molecule has 0 aliphatic rings. The molecule has 5 rings (SSSR count). The van der Waals surface area contributed by atoms with E-state index in [1.165, 1.54) is 49.4 Å². The molecule has 1 heterocycles.